The molecule has 0 saturated heterocycles. The number of benzene rings is 1. The molecule has 12 heteroatoms. The zero-order chi connectivity index (χ0) is 22.6. The molecule has 0 aliphatic carbocycles. The smallest absolute Gasteiger partial charge is 0.292 e. The van der Waals surface area contributed by atoms with Crippen LogP contribution in [0.2, 0.25) is 0 Å². The van der Waals surface area contributed by atoms with Crippen LogP contribution in [0.3, 0.4) is 0 Å². The van der Waals surface area contributed by atoms with Crippen molar-refractivity contribution in [2.45, 2.75) is 31.9 Å². The van der Waals surface area contributed by atoms with Gasteiger partial charge in [0.1, 0.15) is 17.4 Å². The third-order valence-corrected chi connectivity index (χ3v) is 5.22. The highest BCUT2D eigenvalue weighted by atomic mass is 19.3. The minimum Gasteiger partial charge on any atom is -0.438 e. The predicted octanol–water partition coefficient (Wildman–Crippen LogP) is 3.46. The Labute approximate surface area is 177 Å². The number of nitrogens with one attached hydrogen (secondary N) is 1. The van der Waals surface area contributed by atoms with E-state index < -0.39 is 47.6 Å². The van der Waals surface area contributed by atoms with Gasteiger partial charge in [0.05, 0.1) is 12.0 Å². The lowest BCUT2D eigenvalue weighted by molar-refractivity contribution is 0.0612. The molecule has 5 rings (SSSR count). The molecule has 1 aromatic carbocycles. The standard InChI is InChI=1S/C20H16F3N5O4/c1-8(29)18-27-14(17(22)23)16(32-18)20(30)28-5-4-11-13(25-7-24-11)15(28)19-26-10-3-2-9(21)6-12(10)31-19/h2-3,6-8,15,17,29H,4-5H2,1H3,(H,24,25)/t8-,15-/m0/s1. The first-order valence-corrected chi connectivity index (χ1v) is 9.69. The molecule has 0 radical (unpaired) electrons. The number of carbonyl (C=O) groups is 1. The minimum absolute atomic E-state index is 0.0425. The third kappa shape index (κ3) is 3.23. The zero-order valence-corrected chi connectivity index (χ0v) is 16.6. The van der Waals surface area contributed by atoms with E-state index in [9.17, 15) is 23.1 Å². The number of alkyl halides is 2. The Morgan fingerprint density at radius 2 is 2.12 bits per heavy atom. The summed E-state index contributed by atoms with van der Waals surface area (Å²) in [5.74, 6) is -2.43. The predicted molar refractivity (Wildman–Crippen MR) is 101 cm³/mol. The highest BCUT2D eigenvalue weighted by molar-refractivity contribution is 5.93. The number of imidazole rings is 1. The number of nitrogens with zero attached hydrogens (tertiary/aromatic N) is 4. The molecule has 9 nitrogen and oxygen atoms in total. The summed E-state index contributed by atoms with van der Waals surface area (Å²) in [6.45, 7) is 1.39. The molecule has 2 atom stereocenters. The Kier molecular flexibility index (Phi) is 4.73. The number of hydrogen-bond acceptors (Lipinski definition) is 7. The molecule has 1 amide bonds. The number of aliphatic hydroxyl groups is 1. The number of rotatable bonds is 4. The minimum atomic E-state index is -3.10. The van der Waals surface area contributed by atoms with Crippen molar-refractivity contribution in [2.75, 3.05) is 6.54 Å². The van der Waals surface area contributed by atoms with E-state index in [4.69, 9.17) is 8.83 Å². The lowest BCUT2D eigenvalue weighted by Gasteiger charge is -2.32. The van der Waals surface area contributed by atoms with E-state index in [1.807, 2.05) is 0 Å². The van der Waals surface area contributed by atoms with E-state index in [-0.39, 0.29) is 18.0 Å². The van der Waals surface area contributed by atoms with Crippen LogP contribution in [0.4, 0.5) is 13.2 Å². The van der Waals surface area contributed by atoms with Gasteiger partial charge in [0, 0.05) is 24.7 Å². The maximum atomic E-state index is 13.6. The fourth-order valence-corrected chi connectivity index (χ4v) is 3.74. The quantitative estimate of drug-likeness (QED) is 0.491. The highest BCUT2D eigenvalue weighted by Gasteiger charge is 2.41. The molecule has 3 aromatic heterocycles. The van der Waals surface area contributed by atoms with Crippen LogP contribution in [0.5, 0.6) is 0 Å². The molecule has 0 spiro atoms. The van der Waals surface area contributed by atoms with Crippen molar-refractivity contribution in [2.24, 2.45) is 0 Å². The maximum absolute atomic E-state index is 13.6. The Hall–Kier alpha value is -3.67. The van der Waals surface area contributed by atoms with Gasteiger partial charge in [0.15, 0.2) is 17.3 Å². The van der Waals surface area contributed by atoms with Gasteiger partial charge in [0.2, 0.25) is 17.5 Å². The summed E-state index contributed by atoms with van der Waals surface area (Å²) in [5, 5.41) is 9.67. The van der Waals surface area contributed by atoms with Crippen molar-refractivity contribution in [1.29, 1.82) is 0 Å². The lowest BCUT2D eigenvalue weighted by atomic mass is 10.0. The average molecular weight is 447 g/mol. The number of amides is 1. The third-order valence-electron chi connectivity index (χ3n) is 5.22. The van der Waals surface area contributed by atoms with Gasteiger partial charge < -0.3 is 23.8 Å². The number of H-pyrrole nitrogens is 1. The fourth-order valence-electron chi connectivity index (χ4n) is 3.74. The summed E-state index contributed by atoms with van der Waals surface area (Å²) >= 11 is 0. The molecular formula is C20H16F3N5O4. The second-order valence-corrected chi connectivity index (χ2v) is 7.32. The summed E-state index contributed by atoms with van der Waals surface area (Å²) in [6, 6.07) is 2.84. The molecule has 0 bridgehead atoms. The molecule has 1 aliphatic heterocycles. The summed E-state index contributed by atoms with van der Waals surface area (Å²) in [4.78, 5) is 29.8. The van der Waals surface area contributed by atoms with Crippen LogP contribution < -0.4 is 0 Å². The number of fused-ring (bicyclic) bond motifs is 2. The SMILES string of the molecule is C[C@H](O)c1nc(C(F)F)c(C(=O)N2CCc3[nH]cnc3[C@H]2c2nc3ccc(F)cc3o2)o1. The number of aliphatic hydroxyl groups excluding tert-OH is 1. The van der Waals surface area contributed by atoms with Gasteiger partial charge in [-0.2, -0.15) is 0 Å². The Morgan fingerprint density at radius 3 is 2.88 bits per heavy atom. The van der Waals surface area contributed by atoms with E-state index in [1.54, 1.807) is 0 Å². The normalized spacial score (nSPS) is 17.2. The van der Waals surface area contributed by atoms with Gasteiger partial charge in [-0.3, -0.25) is 4.79 Å². The Morgan fingerprint density at radius 1 is 1.31 bits per heavy atom. The van der Waals surface area contributed by atoms with E-state index in [0.717, 1.165) is 11.8 Å². The van der Waals surface area contributed by atoms with Crippen LogP contribution in [0.15, 0.2) is 33.4 Å². The zero-order valence-electron chi connectivity index (χ0n) is 16.6. The van der Waals surface area contributed by atoms with Gasteiger partial charge in [-0.25, -0.2) is 28.1 Å². The van der Waals surface area contributed by atoms with Crippen molar-refractivity contribution >= 4 is 17.0 Å². The van der Waals surface area contributed by atoms with Gasteiger partial charge in [-0.15, -0.1) is 0 Å². The molecule has 4 aromatic rings. The van der Waals surface area contributed by atoms with Gasteiger partial charge in [-0.05, 0) is 19.1 Å². The second-order valence-electron chi connectivity index (χ2n) is 7.32. The van der Waals surface area contributed by atoms with E-state index in [1.165, 1.54) is 30.3 Å². The van der Waals surface area contributed by atoms with Crippen LogP contribution in [-0.4, -0.2) is 42.4 Å². The Balaban J connectivity index is 1.62. The van der Waals surface area contributed by atoms with Crippen LogP contribution in [-0.2, 0) is 6.42 Å². The molecule has 166 valence electrons. The van der Waals surface area contributed by atoms with Gasteiger partial charge >= 0.3 is 0 Å². The van der Waals surface area contributed by atoms with Crippen molar-refractivity contribution in [3.05, 3.63) is 65.0 Å². The van der Waals surface area contributed by atoms with Crippen molar-refractivity contribution < 1.29 is 31.9 Å². The number of aromatic nitrogens is 4. The monoisotopic (exact) mass is 447 g/mol. The van der Waals surface area contributed by atoms with Crippen molar-refractivity contribution in [3.8, 4) is 0 Å². The summed E-state index contributed by atoms with van der Waals surface area (Å²) < 4.78 is 51.7. The maximum Gasteiger partial charge on any atom is 0.292 e. The summed E-state index contributed by atoms with van der Waals surface area (Å²) in [7, 11) is 0. The number of aromatic amines is 1. The van der Waals surface area contributed by atoms with Crippen LogP contribution >= 0.6 is 0 Å². The van der Waals surface area contributed by atoms with Crippen molar-refractivity contribution in [1.82, 2.24) is 24.8 Å². The van der Waals surface area contributed by atoms with Crippen LogP contribution in [0.1, 0.15) is 64.9 Å². The Bertz CT molecular complexity index is 1310. The first-order chi connectivity index (χ1) is 15.3. The van der Waals surface area contributed by atoms with Crippen molar-refractivity contribution in [3.63, 3.8) is 0 Å². The average Bonchev–Trinajstić information content (AvgIpc) is 3.48. The molecule has 1 aliphatic rings. The first kappa shape index (κ1) is 20.2. The van der Waals surface area contributed by atoms with Crippen LogP contribution in [0, 0.1) is 5.82 Å². The largest absolute Gasteiger partial charge is 0.438 e. The highest BCUT2D eigenvalue weighted by Crippen LogP contribution is 2.37. The molecule has 32 heavy (non-hydrogen) atoms. The fraction of sp³-hybridized carbons (Fsp3) is 0.300. The van der Waals surface area contributed by atoms with Gasteiger partial charge in [0.25, 0.3) is 12.3 Å². The second kappa shape index (κ2) is 7.48. The van der Waals surface area contributed by atoms with E-state index in [2.05, 4.69) is 19.9 Å². The number of carbonyl (C=O) groups excluding carboxylic acids is 1. The van der Waals surface area contributed by atoms with Crippen LogP contribution in [0.25, 0.3) is 11.1 Å². The molecule has 0 saturated carbocycles. The van der Waals surface area contributed by atoms with E-state index >= 15 is 0 Å². The summed E-state index contributed by atoms with van der Waals surface area (Å²) in [5.41, 5.74) is 0.812. The van der Waals surface area contributed by atoms with Gasteiger partial charge in [-0.1, -0.05) is 0 Å². The molecular weight excluding hydrogens is 431 g/mol. The molecule has 2 N–H and O–H groups in total. The van der Waals surface area contributed by atoms with E-state index in [0.29, 0.717) is 17.6 Å². The summed E-state index contributed by atoms with van der Waals surface area (Å²) in [6.07, 6.45) is -2.57. The molecule has 0 unspecified atom stereocenters. The number of hydrogen-bond donors (Lipinski definition) is 2. The topological polar surface area (TPSA) is 121 Å². The molecule has 4 heterocycles. The number of oxazole rings is 2. The number of halogens is 3. The lowest BCUT2D eigenvalue weighted by Crippen LogP contribution is -2.41. The molecule has 0 fully saturated rings. The first-order valence-electron chi connectivity index (χ1n) is 9.69.